The fourth-order valence-electron chi connectivity index (χ4n) is 2.98. The number of unbranched alkanes of at least 4 members (excludes halogenated alkanes) is 2. The Hall–Kier alpha value is -1.92. The van der Waals surface area contributed by atoms with Crippen LogP contribution in [0, 0.1) is 12.8 Å². The fraction of sp³-hybridized carbons (Fsp3) is 0.474. The zero-order chi connectivity index (χ0) is 19.6. The highest BCUT2D eigenvalue weighted by molar-refractivity contribution is 6.42. The summed E-state index contributed by atoms with van der Waals surface area (Å²) in [6.45, 7) is 6.52. The van der Waals surface area contributed by atoms with Crippen LogP contribution in [-0.2, 0) is 4.79 Å². The van der Waals surface area contributed by atoms with Gasteiger partial charge in [-0.3, -0.25) is 9.20 Å². The Balaban J connectivity index is 1.73. The van der Waals surface area contributed by atoms with E-state index < -0.39 is 0 Å². The molecule has 0 saturated carbocycles. The number of hydrogen-bond donors (Lipinski definition) is 1. The molecule has 8 heteroatoms. The molecule has 0 spiro atoms. The van der Waals surface area contributed by atoms with Gasteiger partial charge in [0.15, 0.2) is 5.82 Å². The van der Waals surface area contributed by atoms with Gasteiger partial charge in [-0.05, 0) is 31.9 Å². The first-order valence-corrected chi connectivity index (χ1v) is 9.91. The Kier molecular flexibility index (Phi) is 6.17. The van der Waals surface area contributed by atoms with Crippen LogP contribution < -0.4 is 5.32 Å². The van der Waals surface area contributed by atoms with Crippen LogP contribution >= 0.6 is 23.2 Å². The topological polar surface area (TPSA) is 72.2 Å². The summed E-state index contributed by atoms with van der Waals surface area (Å²) in [5, 5.41) is 12.7. The third kappa shape index (κ3) is 4.33. The van der Waals surface area contributed by atoms with Gasteiger partial charge >= 0.3 is 0 Å². The summed E-state index contributed by atoms with van der Waals surface area (Å²) >= 11 is 12.3. The zero-order valence-corrected chi connectivity index (χ0v) is 17.2. The second-order valence-corrected chi connectivity index (χ2v) is 7.79. The Morgan fingerprint density at radius 3 is 2.63 bits per heavy atom. The molecule has 0 radical (unpaired) electrons. The predicted octanol–water partition coefficient (Wildman–Crippen LogP) is 5.09. The molecule has 6 nitrogen and oxygen atoms in total. The smallest absolute Gasteiger partial charge is 0.204 e. The highest BCUT2D eigenvalue weighted by Crippen LogP contribution is 2.29. The first kappa shape index (κ1) is 19.8. The minimum atomic E-state index is 0.120. The second kappa shape index (κ2) is 8.40. The molecule has 0 aliphatic rings. The van der Waals surface area contributed by atoms with Crippen LogP contribution in [0.4, 0.5) is 5.82 Å². The lowest BCUT2D eigenvalue weighted by Crippen LogP contribution is -2.08. The van der Waals surface area contributed by atoms with Crippen molar-refractivity contribution in [3.05, 3.63) is 28.0 Å². The molecule has 2 heterocycles. The molecule has 0 atom stereocenters. The summed E-state index contributed by atoms with van der Waals surface area (Å²) in [5.41, 5.74) is 2.21. The molecule has 2 aromatic heterocycles. The van der Waals surface area contributed by atoms with E-state index in [4.69, 9.17) is 23.2 Å². The number of nitrogens with zero attached hydrogens (tertiary/aromatic N) is 4. The van der Waals surface area contributed by atoms with Crippen molar-refractivity contribution in [1.29, 1.82) is 0 Å². The van der Waals surface area contributed by atoms with Crippen LogP contribution in [0.5, 0.6) is 0 Å². The highest BCUT2D eigenvalue weighted by atomic mass is 35.5. The van der Waals surface area contributed by atoms with E-state index in [0.29, 0.717) is 33.7 Å². The molecule has 0 aliphatic carbocycles. The number of hydrogen-bond acceptors (Lipinski definition) is 5. The third-order valence-electron chi connectivity index (χ3n) is 4.56. The van der Waals surface area contributed by atoms with E-state index in [2.05, 4.69) is 20.5 Å². The van der Waals surface area contributed by atoms with Gasteiger partial charge in [-0.25, -0.2) is 4.98 Å². The number of halogens is 2. The molecule has 1 aromatic carbocycles. The fourth-order valence-corrected chi connectivity index (χ4v) is 3.30. The first-order chi connectivity index (χ1) is 12.9. The molecule has 0 bridgehead atoms. The van der Waals surface area contributed by atoms with Gasteiger partial charge in [0.2, 0.25) is 5.65 Å². The van der Waals surface area contributed by atoms with Gasteiger partial charge in [-0.1, -0.05) is 43.5 Å². The lowest BCUT2D eigenvalue weighted by Gasteiger charge is -2.10. The van der Waals surface area contributed by atoms with Gasteiger partial charge < -0.3 is 5.32 Å². The molecule has 0 amide bonds. The van der Waals surface area contributed by atoms with Gasteiger partial charge in [0.1, 0.15) is 11.6 Å². The molecule has 144 valence electrons. The minimum Gasteiger partial charge on any atom is -0.367 e. The molecule has 0 fully saturated rings. The molecular weight excluding hydrogens is 385 g/mol. The third-order valence-corrected chi connectivity index (χ3v) is 5.29. The van der Waals surface area contributed by atoms with Crippen molar-refractivity contribution >= 4 is 51.5 Å². The molecule has 27 heavy (non-hydrogen) atoms. The average Bonchev–Trinajstić information content (AvgIpc) is 3.01. The van der Waals surface area contributed by atoms with E-state index >= 15 is 0 Å². The van der Waals surface area contributed by atoms with Gasteiger partial charge in [-0.2, -0.15) is 0 Å². The van der Waals surface area contributed by atoms with Crippen molar-refractivity contribution < 1.29 is 4.79 Å². The largest absolute Gasteiger partial charge is 0.367 e. The van der Waals surface area contributed by atoms with E-state index in [0.717, 1.165) is 42.7 Å². The summed E-state index contributed by atoms with van der Waals surface area (Å²) in [5.74, 6) is 1.87. The van der Waals surface area contributed by atoms with Crippen molar-refractivity contribution in [2.45, 2.75) is 46.5 Å². The van der Waals surface area contributed by atoms with E-state index in [1.807, 2.05) is 25.2 Å². The first-order valence-electron chi connectivity index (χ1n) is 9.15. The summed E-state index contributed by atoms with van der Waals surface area (Å²) in [7, 11) is 0. The highest BCUT2D eigenvalue weighted by Gasteiger charge is 2.14. The number of aromatic nitrogens is 4. The number of aryl methyl sites for hydroxylation is 1. The summed E-state index contributed by atoms with van der Waals surface area (Å²) in [6.07, 6.45) is 3.50. The number of rotatable bonds is 8. The summed E-state index contributed by atoms with van der Waals surface area (Å²) < 4.78 is 1.92. The van der Waals surface area contributed by atoms with Crippen molar-refractivity contribution in [1.82, 2.24) is 19.6 Å². The van der Waals surface area contributed by atoms with Crippen LogP contribution in [0.3, 0.4) is 0 Å². The quantitative estimate of drug-likeness (QED) is 0.526. The second-order valence-electron chi connectivity index (χ2n) is 6.98. The Morgan fingerprint density at radius 1 is 1.15 bits per heavy atom. The van der Waals surface area contributed by atoms with E-state index in [1.165, 1.54) is 0 Å². The van der Waals surface area contributed by atoms with Crippen LogP contribution in [-0.4, -0.2) is 31.9 Å². The van der Waals surface area contributed by atoms with Crippen LogP contribution in [0.1, 0.15) is 45.4 Å². The van der Waals surface area contributed by atoms with Crippen molar-refractivity contribution in [2.75, 3.05) is 11.9 Å². The predicted molar refractivity (Wildman–Crippen MR) is 110 cm³/mol. The molecule has 3 aromatic rings. The zero-order valence-electron chi connectivity index (χ0n) is 15.7. The number of benzene rings is 1. The molecule has 0 saturated heterocycles. The van der Waals surface area contributed by atoms with Gasteiger partial charge in [0, 0.05) is 18.9 Å². The number of Topliss-reactive ketones (excluding diaryl/α,β-unsaturated/α-hetero) is 1. The maximum Gasteiger partial charge on any atom is 0.204 e. The van der Waals surface area contributed by atoms with Gasteiger partial charge in [-0.15, -0.1) is 10.2 Å². The van der Waals surface area contributed by atoms with Gasteiger partial charge in [0.05, 0.1) is 21.1 Å². The molecule has 1 N–H and O–H groups in total. The number of fused-ring (bicyclic) bond motifs is 3. The summed E-state index contributed by atoms with van der Waals surface area (Å²) in [4.78, 5) is 16.3. The van der Waals surface area contributed by atoms with Gasteiger partial charge in [0.25, 0.3) is 0 Å². The van der Waals surface area contributed by atoms with E-state index in [1.54, 1.807) is 12.1 Å². The maximum atomic E-state index is 11.7. The SMILES string of the molecule is Cc1nnc2c(NCCCCCC(=O)C(C)C)nc3cc(Cl)c(Cl)cc3n12. The van der Waals surface area contributed by atoms with Crippen molar-refractivity contribution in [3.63, 3.8) is 0 Å². The number of ketones is 1. The molecule has 3 rings (SSSR count). The van der Waals surface area contributed by atoms with Crippen LogP contribution in [0.15, 0.2) is 12.1 Å². The number of nitrogens with one attached hydrogen (secondary N) is 1. The average molecular weight is 408 g/mol. The van der Waals surface area contributed by atoms with E-state index in [9.17, 15) is 4.79 Å². The maximum absolute atomic E-state index is 11.7. The van der Waals surface area contributed by atoms with Crippen LogP contribution in [0.2, 0.25) is 10.0 Å². The lowest BCUT2D eigenvalue weighted by atomic mass is 10.0. The summed E-state index contributed by atoms with van der Waals surface area (Å²) in [6, 6.07) is 3.53. The molecule has 0 aliphatic heterocycles. The Labute approximate surface area is 168 Å². The monoisotopic (exact) mass is 407 g/mol. The molecular formula is C19H23Cl2N5O. The van der Waals surface area contributed by atoms with Crippen LogP contribution in [0.25, 0.3) is 16.7 Å². The number of carbonyl (C=O) groups excluding carboxylic acids is 1. The minimum absolute atomic E-state index is 0.120. The van der Waals surface area contributed by atoms with E-state index in [-0.39, 0.29) is 5.92 Å². The van der Waals surface area contributed by atoms with Crippen molar-refractivity contribution in [3.8, 4) is 0 Å². The van der Waals surface area contributed by atoms with Crippen molar-refractivity contribution in [2.24, 2.45) is 5.92 Å². The lowest BCUT2D eigenvalue weighted by molar-refractivity contribution is -0.122. The molecule has 0 unspecified atom stereocenters. The number of carbonyl (C=O) groups is 1. The normalized spacial score (nSPS) is 11.6. The Bertz CT molecular complexity index is 983. The standard InChI is InChI=1S/C19H23Cl2N5O/c1-11(2)17(27)7-5-4-6-8-22-18-19-25-24-12(3)26(19)16-10-14(21)13(20)9-15(16)23-18/h9-11H,4-8H2,1-3H3,(H,22,23). The number of anilines is 1. The Morgan fingerprint density at radius 2 is 1.89 bits per heavy atom.